The third-order valence-electron chi connectivity index (χ3n) is 6.21. The van der Waals surface area contributed by atoms with Crippen LogP contribution in [0, 0.1) is 0 Å². The molecular formula is C25H31N3O4. The Labute approximate surface area is 188 Å². The lowest BCUT2D eigenvalue weighted by molar-refractivity contribution is 0.00359. The van der Waals surface area contributed by atoms with Crippen LogP contribution in [0.25, 0.3) is 0 Å². The zero-order chi connectivity index (χ0) is 22.5. The van der Waals surface area contributed by atoms with Crippen LogP contribution < -0.4 is 10.6 Å². The lowest BCUT2D eigenvalue weighted by Crippen LogP contribution is -2.47. The number of hydrogen-bond acceptors (Lipinski definition) is 5. The van der Waals surface area contributed by atoms with Gasteiger partial charge in [-0.15, -0.1) is 0 Å². The van der Waals surface area contributed by atoms with Crippen LogP contribution in [0.2, 0.25) is 0 Å². The number of rotatable bonds is 7. The molecule has 2 aliphatic rings. The van der Waals surface area contributed by atoms with E-state index < -0.39 is 6.10 Å². The summed E-state index contributed by atoms with van der Waals surface area (Å²) in [5.74, 6) is -0.320. The largest absolute Gasteiger partial charge is 0.390 e. The second-order valence-corrected chi connectivity index (χ2v) is 8.65. The molecule has 1 heterocycles. The summed E-state index contributed by atoms with van der Waals surface area (Å²) in [4.78, 5) is 26.9. The smallest absolute Gasteiger partial charge is 0.254 e. The molecule has 0 spiro atoms. The second-order valence-electron chi connectivity index (χ2n) is 8.65. The molecule has 1 aliphatic carbocycles. The van der Waals surface area contributed by atoms with Gasteiger partial charge in [0.05, 0.1) is 25.4 Å². The van der Waals surface area contributed by atoms with Crippen molar-refractivity contribution >= 4 is 11.8 Å². The van der Waals surface area contributed by atoms with Gasteiger partial charge in [-0.3, -0.25) is 9.59 Å². The maximum absolute atomic E-state index is 12.7. The summed E-state index contributed by atoms with van der Waals surface area (Å²) in [6.45, 7) is 4.20. The molecule has 2 amide bonds. The minimum atomic E-state index is -0.675. The van der Waals surface area contributed by atoms with E-state index in [1.807, 2.05) is 6.92 Å². The predicted molar refractivity (Wildman–Crippen MR) is 122 cm³/mol. The highest BCUT2D eigenvalue weighted by Gasteiger charge is 2.25. The van der Waals surface area contributed by atoms with E-state index in [1.165, 1.54) is 11.1 Å². The van der Waals surface area contributed by atoms with E-state index in [0.717, 1.165) is 12.8 Å². The van der Waals surface area contributed by atoms with Crippen molar-refractivity contribution < 1.29 is 19.4 Å². The Kier molecular flexibility index (Phi) is 7.19. The van der Waals surface area contributed by atoms with Crippen molar-refractivity contribution in [2.45, 2.75) is 38.0 Å². The normalized spacial score (nSPS) is 19.4. The Morgan fingerprint density at radius 3 is 2.38 bits per heavy atom. The molecule has 0 aromatic heterocycles. The molecule has 7 heteroatoms. The predicted octanol–water partition coefficient (Wildman–Crippen LogP) is 1.40. The zero-order valence-electron chi connectivity index (χ0n) is 18.4. The Morgan fingerprint density at radius 2 is 1.72 bits per heavy atom. The van der Waals surface area contributed by atoms with Crippen molar-refractivity contribution in [3.63, 3.8) is 0 Å². The second kappa shape index (κ2) is 10.3. The molecule has 3 N–H and O–H groups in total. The van der Waals surface area contributed by atoms with Gasteiger partial charge in [-0.25, -0.2) is 0 Å². The molecule has 2 aromatic carbocycles. The number of morpholine rings is 1. The highest BCUT2D eigenvalue weighted by atomic mass is 16.5. The van der Waals surface area contributed by atoms with Crippen LogP contribution >= 0.6 is 0 Å². The molecule has 2 atom stereocenters. The van der Waals surface area contributed by atoms with Gasteiger partial charge in [0.15, 0.2) is 0 Å². The lowest BCUT2D eigenvalue weighted by atomic mass is 10.1. The van der Waals surface area contributed by atoms with Crippen molar-refractivity contribution in [1.29, 1.82) is 0 Å². The highest BCUT2D eigenvalue weighted by molar-refractivity contribution is 5.98. The number of nitrogens with zero attached hydrogens (tertiary/aromatic N) is 1. The number of benzene rings is 2. The maximum Gasteiger partial charge on any atom is 0.254 e. The van der Waals surface area contributed by atoms with Gasteiger partial charge in [0, 0.05) is 36.8 Å². The summed E-state index contributed by atoms with van der Waals surface area (Å²) in [6, 6.07) is 15.4. The summed E-state index contributed by atoms with van der Waals surface area (Å²) in [6.07, 6.45) is 1.25. The van der Waals surface area contributed by atoms with E-state index >= 15 is 0 Å². The van der Waals surface area contributed by atoms with Crippen molar-refractivity contribution in [2.24, 2.45) is 0 Å². The molecule has 1 fully saturated rings. The monoisotopic (exact) mass is 437 g/mol. The van der Waals surface area contributed by atoms with Gasteiger partial charge in [-0.1, -0.05) is 24.3 Å². The molecule has 0 radical (unpaired) electrons. The van der Waals surface area contributed by atoms with Crippen LogP contribution in [0.3, 0.4) is 0 Å². The Morgan fingerprint density at radius 1 is 1.06 bits per heavy atom. The van der Waals surface area contributed by atoms with E-state index in [9.17, 15) is 14.7 Å². The maximum atomic E-state index is 12.7. The minimum absolute atomic E-state index is 0.0349. The van der Waals surface area contributed by atoms with E-state index in [-0.39, 0.29) is 24.4 Å². The summed E-state index contributed by atoms with van der Waals surface area (Å²) in [7, 11) is 0. The zero-order valence-corrected chi connectivity index (χ0v) is 18.4. The van der Waals surface area contributed by atoms with E-state index in [2.05, 4.69) is 34.9 Å². The molecule has 32 heavy (non-hydrogen) atoms. The van der Waals surface area contributed by atoms with Gasteiger partial charge in [-0.2, -0.15) is 0 Å². The van der Waals surface area contributed by atoms with Crippen LogP contribution in [0.5, 0.6) is 0 Å². The van der Waals surface area contributed by atoms with Crippen LogP contribution in [0.15, 0.2) is 48.5 Å². The molecule has 2 aromatic rings. The molecule has 4 rings (SSSR count). The summed E-state index contributed by atoms with van der Waals surface area (Å²) in [5.41, 5.74) is 3.73. The van der Waals surface area contributed by atoms with Crippen LogP contribution in [0.1, 0.15) is 38.8 Å². The first-order chi connectivity index (χ1) is 15.5. The molecule has 170 valence electrons. The molecule has 1 unspecified atom stereocenters. The average Bonchev–Trinajstić information content (AvgIpc) is 3.24. The Bertz CT molecular complexity index is 921. The van der Waals surface area contributed by atoms with Gasteiger partial charge < -0.3 is 25.4 Å². The van der Waals surface area contributed by atoms with Crippen LogP contribution in [0.4, 0.5) is 0 Å². The fourth-order valence-electron chi connectivity index (χ4n) is 4.35. The van der Waals surface area contributed by atoms with Crippen LogP contribution in [-0.4, -0.2) is 72.9 Å². The number of aliphatic hydroxyl groups excluding tert-OH is 1. The molecule has 1 saturated heterocycles. The minimum Gasteiger partial charge on any atom is -0.390 e. The standard InChI is InChI=1S/C25H31N3O4/c1-17-16-32-11-10-28(17)25(31)19-8-6-18(7-9-19)24(30)27-15-23(29)14-26-22-12-20-4-2-3-5-21(20)13-22/h2-9,17,22-23,26,29H,10-16H2,1H3,(H,27,30)/t17-,23?/m0/s1. The fourth-order valence-corrected chi connectivity index (χ4v) is 4.35. The number of ether oxygens (including phenoxy) is 1. The highest BCUT2D eigenvalue weighted by Crippen LogP contribution is 2.21. The summed E-state index contributed by atoms with van der Waals surface area (Å²) >= 11 is 0. The number of carbonyl (C=O) groups excluding carboxylic acids is 2. The number of nitrogens with one attached hydrogen (secondary N) is 2. The van der Waals surface area contributed by atoms with Gasteiger partial charge in [0.2, 0.25) is 0 Å². The van der Waals surface area contributed by atoms with Gasteiger partial charge in [-0.05, 0) is 55.2 Å². The van der Waals surface area contributed by atoms with E-state index in [1.54, 1.807) is 29.2 Å². The first-order valence-corrected chi connectivity index (χ1v) is 11.3. The molecule has 7 nitrogen and oxygen atoms in total. The van der Waals surface area contributed by atoms with Crippen molar-refractivity contribution in [2.75, 3.05) is 32.8 Å². The Balaban J connectivity index is 1.21. The van der Waals surface area contributed by atoms with Gasteiger partial charge in [0.1, 0.15) is 0 Å². The third-order valence-corrected chi connectivity index (χ3v) is 6.21. The molecule has 1 aliphatic heterocycles. The topological polar surface area (TPSA) is 90.9 Å². The number of hydrogen-bond donors (Lipinski definition) is 3. The van der Waals surface area contributed by atoms with Crippen molar-refractivity contribution in [3.8, 4) is 0 Å². The first-order valence-electron chi connectivity index (χ1n) is 11.3. The van der Waals surface area contributed by atoms with Gasteiger partial charge >= 0.3 is 0 Å². The van der Waals surface area contributed by atoms with Crippen molar-refractivity contribution in [1.82, 2.24) is 15.5 Å². The summed E-state index contributed by atoms with van der Waals surface area (Å²) < 4.78 is 5.38. The van der Waals surface area contributed by atoms with Crippen LogP contribution in [-0.2, 0) is 17.6 Å². The number of carbonyl (C=O) groups is 2. The third kappa shape index (κ3) is 5.35. The number of fused-ring (bicyclic) bond motifs is 1. The average molecular weight is 438 g/mol. The molecule has 0 bridgehead atoms. The molecular weight excluding hydrogens is 406 g/mol. The number of amides is 2. The van der Waals surface area contributed by atoms with Crippen molar-refractivity contribution in [3.05, 3.63) is 70.8 Å². The first kappa shape index (κ1) is 22.5. The van der Waals surface area contributed by atoms with E-state index in [0.29, 0.717) is 43.5 Å². The lowest BCUT2D eigenvalue weighted by Gasteiger charge is -2.33. The number of aliphatic hydroxyl groups is 1. The van der Waals surface area contributed by atoms with Gasteiger partial charge in [0.25, 0.3) is 11.8 Å². The molecule has 0 saturated carbocycles. The fraction of sp³-hybridized carbons (Fsp3) is 0.440. The van der Waals surface area contributed by atoms with E-state index in [4.69, 9.17) is 4.74 Å². The quantitative estimate of drug-likeness (QED) is 0.609. The Hall–Kier alpha value is -2.74. The summed E-state index contributed by atoms with van der Waals surface area (Å²) in [5, 5.41) is 16.4. The SMILES string of the molecule is C[C@H]1COCCN1C(=O)c1ccc(C(=O)NCC(O)CNC2Cc3ccccc3C2)cc1.